The molecule has 0 saturated carbocycles. The summed E-state index contributed by atoms with van der Waals surface area (Å²) in [6.07, 6.45) is -6.18. The monoisotopic (exact) mass is 604 g/mol. The summed E-state index contributed by atoms with van der Waals surface area (Å²) in [6.45, 7) is 6.37. The molecule has 0 radical (unpaired) electrons. The Kier molecular flexibility index (Phi) is 13.8. The van der Waals surface area contributed by atoms with Gasteiger partial charge in [0.25, 0.3) is 0 Å². The first-order valence-corrected chi connectivity index (χ1v) is 12.9. The minimum Gasteiger partial charge on any atom is -0.456 e. The SMILES string of the molecule is CC(=O)O[C@@H]1[C@@H](OC(C)=O)[C@H](OC/C=C\CO[C@@H]2OC[C@@H](OC(C)=O)[C@H](OC(C)=O)[C@H]2OC(C)=O)OC[C@H]1OC(C)=O. The van der Waals surface area contributed by atoms with Crippen LogP contribution in [0.25, 0.3) is 0 Å². The lowest BCUT2D eigenvalue weighted by molar-refractivity contribution is -0.279. The van der Waals surface area contributed by atoms with E-state index in [0.717, 1.165) is 27.7 Å². The Morgan fingerprint density at radius 2 is 0.786 bits per heavy atom. The molecule has 2 saturated heterocycles. The van der Waals surface area contributed by atoms with E-state index >= 15 is 0 Å². The number of carbonyl (C=O) groups excluding carboxylic acids is 6. The Morgan fingerprint density at radius 3 is 1.07 bits per heavy atom. The van der Waals surface area contributed by atoms with Gasteiger partial charge in [-0.05, 0) is 0 Å². The largest absolute Gasteiger partial charge is 0.456 e. The predicted octanol–water partition coefficient (Wildman–Crippen LogP) is -0.121. The summed E-state index contributed by atoms with van der Waals surface area (Å²) in [5, 5.41) is 0. The van der Waals surface area contributed by atoms with Crippen molar-refractivity contribution in [1.82, 2.24) is 0 Å². The van der Waals surface area contributed by atoms with E-state index in [1.165, 1.54) is 26.0 Å². The summed E-state index contributed by atoms with van der Waals surface area (Å²) in [7, 11) is 0. The van der Waals surface area contributed by atoms with Crippen LogP contribution in [0.1, 0.15) is 41.5 Å². The van der Waals surface area contributed by atoms with Gasteiger partial charge in [-0.25, -0.2) is 0 Å². The van der Waals surface area contributed by atoms with Crippen LogP contribution in [0.2, 0.25) is 0 Å². The fraction of sp³-hybridized carbons (Fsp3) is 0.692. The minimum atomic E-state index is -1.24. The van der Waals surface area contributed by atoms with E-state index < -0.39 is 85.0 Å². The van der Waals surface area contributed by atoms with E-state index in [0.29, 0.717) is 0 Å². The van der Waals surface area contributed by atoms with E-state index in [1.54, 1.807) is 0 Å². The van der Waals surface area contributed by atoms with Crippen LogP contribution in [0.4, 0.5) is 0 Å². The Labute approximate surface area is 241 Å². The minimum absolute atomic E-state index is 0.0830. The summed E-state index contributed by atoms with van der Waals surface area (Å²) < 4.78 is 53.8. The van der Waals surface area contributed by atoms with Gasteiger partial charge in [-0.15, -0.1) is 0 Å². The lowest BCUT2D eigenvalue weighted by atomic mass is 10.0. The molecule has 2 fully saturated rings. The summed E-state index contributed by atoms with van der Waals surface area (Å²) in [5.74, 6) is -4.11. The second kappa shape index (κ2) is 16.7. The maximum Gasteiger partial charge on any atom is 0.303 e. The average molecular weight is 605 g/mol. The molecule has 0 unspecified atom stereocenters. The normalized spacial score (nSPS) is 29.2. The molecule has 0 N–H and O–H groups in total. The summed E-state index contributed by atoms with van der Waals surface area (Å²) in [5.41, 5.74) is 0. The van der Waals surface area contributed by atoms with Gasteiger partial charge in [0, 0.05) is 41.5 Å². The highest BCUT2D eigenvalue weighted by Crippen LogP contribution is 2.26. The van der Waals surface area contributed by atoms with Crippen LogP contribution in [-0.4, -0.2) is 111 Å². The molecule has 0 aliphatic carbocycles. The molecule has 0 spiro atoms. The van der Waals surface area contributed by atoms with Gasteiger partial charge >= 0.3 is 35.8 Å². The van der Waals surface area contributed by atoms with Crippen LogP contribution in [0.3, 0.4) is 0 Å². The third-order valence-electron chi connectivity index (χ3n) is 5.49. The zero-order chi connectivity index (χ0) is 31.4. The van der Waals surface area contributed by atoms with Crippen molar-refractivity contribution < 1.29 is 76.1 Å². The Bertz CT molecular complexity index is 930. The van der Waals surface area contributed by atoms with Gasteiger partial charge in [0.2, 0.25) is 0 Å². The molecule has 16 heteroatoms. The Hall–Kier alpha value is -3.60. The number of hydrogen-bond donors (Lipinski definition) is 0. The van der Waals surface area contributed by atoms with Gasteiger partial charge in [0.05, 0.1) is 26.4 Å². The first kappa shape index (κ1) is 34.6. The molecule has 16 nitrogen and oxygen atoms in total. The molecule has 0 aromatic heterocycles. The maximum absolute atomic E-state index is 11.7. The molecule has 0 bridgehead atoms. The average Bonchev–Trinajstić information content (AvgIpc) is 2.85. The van der Waals surface area contributed by atoms with Crippen molar-refractivity contribution in [3.8, 4) is 0 Å². The van der Waals surface area contributed by atoms with Gasteiger partial charge in [-0.3, -0.25) is 28.8 Å². The van der Waals surface area contributed by atoms with Gasteiger partial charge < -0.3 is 47.4 Å². The lowest BCUT2D eigenvalue weighted by Crippen LogP contribution is -2.58. The molecule has 0 amide bonds. The van der Waals surface area contributed by atoms with Crippen molar-refractivity contribution in [3.05, 3.63) is 12.2 Å². The van der Waals surface area contributed by atoms with Crippen LogP contribution < -0.4 is 0 Å². The summed E-state index contributed by atoms with van der Waals surface area (Å²) >= 11 is 0. The zero-order valence-electron chi connectivity index (χ0n) is 24.1. The van der Waals surface area contributed by atoms with Crippen LogP contribution in [0.15, 0.2) is 12.2 Å². The number of rotatable bonds is 12. The molecule has 0 aromatic carbocycles. The lowest BCUT2D eigenvalue weighted by Gasteiger charge is -2.40. The van der Waals surface area contributed by atoms with Gasteiger partial charge in [0.1, 0.15) is 0 Å². The second-order valence-corrected chi connectivity index (χ2v) is 9.13. The fourth-order valence-corrected chi connectivity index (χ4v) is 4.14. The molecule has 0 aromatic rings. The highest BCUT2D eigenvalue weighted by atomic mass is 16.7. The second-order valence-electron chi connectivity index (χ2n) is 9.13. The Balaban J connectivity index is 2.02. The molecule has 2 aliphatic heterocycles. The quantitative estimate of drug-likeness (QED) is 0.162. The third kappa shape index (κ3) is 11.3. The molecular formula is C26H36O16. The molecule has 42 heavy (non-hydrogen) atoms. The molecular weight excluding hydrogens is 568 g/mol. The number of esters is 6. The molecule has 8 atom stereocenters. The first-order valence-electron chi connectivity index (χ1n) is 12.9. The summed E-state index contributed by atoms with van der Waals surface area (Å²) in [6, 6.07) is 0. The molecule has 2 heterocycles. The van der Waals surface area contributed by atoms with Crippen molar-refractivity contribution in [3.63, 3.8) is 0 Å². The van der Waals surface area contributed by atoms with Crippen molar-refractivity contribution in [2.75, 3.05) is 26.4 Å². The first-order chi connectivity index (χ1) is 19.8. The number of hydrogen-bond acceptors (Lipinski definition) is 16. The van der Waals surface area contributed by atoms with Crippen molar-refractivity contribution in [2.45, 2.75) is 90.7 Å². The van der Waals surface area contributed by atoms with Crippen LogP contribution in [0, 0.1) is 0 Å². The van der Waals surface area contributed by atoms with E-state index in [4.69, 9.17) is 47.4 Å². The maximum atomic E-state index is 11.7. The van der Waals surface area contributed by atoms with Crippen LogP contribution in [-0.2, 0) is 76.1 Å². The molecule has 236 valence electrons. The smallest absolute Gasteiger partial charge is 0.303 e. The zero-order valence-corrected chi connectivity index (χ0v) is 24.1. The highest BCUT2D eigenvalue weighted by molar-refractivity contribution is 5.69. The van der Waals surface area contributed by atoms with Crippen LogP contribution >= 0.6 is 0 Å². The Morgan fingerprint density at radius 1 is 0.500 bits per heavy atom. The summed E-state index contributed by atoms with van der Waals surface area (Å²) in [4.78, 5) is 69.8. The number of ether oxygens (including phenoxy) is 10. The third-order valence-corrected chi connectivity index (χ3v) is 5.49. The predicted molar refractivity (Wildman–Crippen MR) is 134 cm³/mol. The van der Waals surface area contributed by atoms with Gasteiger partial charge in [0.15, 0.2) is 49.2 Å². The van der Waals surface area contributed by atoms with E-state index in [-0.39, 0.29) is 26.4 Å². The van der Waals surface area contributed by atoms with E-state index in [2.05, 4.69) is 0 Å². The van der Waals surface area contributed by atoms with Gasteiger partial charge in [-0.1, -0.05) is 12.2 Å². The molecule has 2 rings (SSSR count). The van der Waals surface area contributed by atoms with E-state index in [9.17, 15) is 28.8 Å². The van der Waals surface area contributed by atoms with Gasteiger partial charge in [-0.2, -0.15) is 0 Å². The standard InChI is InChI=1S/C26H36O16/c1-13(27)37-19-11-35-25(23(41-17(5)31)21(19)39-15(3)29)33-9-7-8-10-34-26-24(42-18(6)32)22(40-16(4)30)20(12-36-26)38-14(2)28/h7-8,19-26H,9-12H2,1-6H3/b8-7-/t19-,20-,21+,22+,23-,24-,25-,26-/m1/s1. The van der Waals surface area contributed by atoms with E-state index in [1.807, 2.05) is 0 Å². The van der Waals surface area contributed by atoms with Crippen molar-refractivity contribution in [2.24, 2.45) is 0 Å². The van der Waals surface area contributed by atoms with Crippen molar-refractivity contribution in [1.29, 1.82) is 0 Å². The number of carbonyl (C=O) groups is 6. The fourth-order valence-electron chi connectivity index (χ4n) is 4.14. The topological polar surface area (TPSA) is 195 Å². The van der Waals surface area contributed by atoms with Crippen molar-refractivity contribution >= 4 is 35.8 Å². The molecule has 2 aliphatic rings. The highest BCUT2D eigenvalue weighted by Gasteiger charge is 2.48. The van der Waals surface area contributed by atoms with Crippen LogP contribution in [0.5, 0.6) is 0 Å².